The van der Waals surface area contributed by atoms with E-state index in [4.69, 9.17) is 14.0 Å². The first-order valence-electron chi connectivity index (χ1n) is 10.5. The molecule has 0 unspecified atom stereocenters. The topological polar surface area (TPSA) is 76.8 Å². The van der Waals surface area contributed by atoms with Crippen molar-refractivity contribution in [2.24, 2.45) is 0 Å². The van der Waals surface area contributed by atoms with Gasteiger partial charge in [0.25, 0.3) is 0 Å². The summed E-state index contributed by atoms with van der Waals surface area (Å²) in [4.78, 5) is 14.4. The number of piperidine rings is 1. The number of benzene rings is 2. The van der Waals surface area contributed by atoms with Gasteiger partial charge in [-0.3, -0.25) is 5.32 Å². The molecule has 2 aromatic carbocycles. The van der Waals surface area contributed by atoms with Crippen molar-refractivity contribution < 1.29 is 23.2 Å². The molecule has 1 fully saturated rings. The summed E-state index contributed by atoms with van der Waals surface area (Å²) in [5.74, 6) is 0.585. The van der Waals surface area contributed by atoms with E-state index in [1.54, 1.807) is 25.3 Å². The number of fused-ring (bicyclic) bond motifs is 1. The summed E-state index contributed by atoms with van der Waals surface area (Å²) >= 11 is 0. The summed E-state index contributed by atoms with van der Waals surface area (Å²) in [6.07, 6.45) is 2.20. The third kappa shape index (κ3) is 5.14. The minimum absolute atomic E-state index is 0.311. The van der Waals surface area contributed by atoms with Crippen LogP contribution in [0.5, 0.6) is 5.75 Å². The van der Waals surface area contributed by atoms with Gasteiger partial charge in [0.05, 0.1) is 25.1 Å². The predicted molar refractivity (Wildman–Crippen MR) is 115 cm³/mol. The number of amides is 1. The molecule has 4 rings (SSSR count). The molecule has 2 heterocycles. The zero-order chi connectivity index (χ0) is 21.6. The average Bonchev–Trinajstić information content (AvgIpc) is 3.20. The molecule has 0 spiro atoms. The third-order valence-electron chi connectivity index (χ3n) is 5.63. The summed E-state index contributed by atoms with van der Waals surface area (Å²) in [5, 5.41) is 7.79. The number of ether oxygens (including phenoxy) is 2. The summed E-state index contributed by atoms with van der Waals surface area (Å²) in [6.45, 7) is 3.08. The number of aromatic nitrogens is 1. The number of nitrogens with one attached hydrogen (secondary N) is 1. The minimum Gasteiger partial charge on any atom is -0.495 e. The summed E-state index contributed by atoms with van der Waals surface area (Å²) in [7, 11) is 1.56. The van der Waals surface area contributed by atoms with Crippen LogP contribution in [0.25, 0.3) is 11.0 Å². The second-order valence-electron chi connectivity index (χ2n) is 7.64. The van der Waals surface area contributed by atoms with Gasteiger partial charge in [-0.05, 0) is 56.6 Å². The lowest BCUT2D eigenvalue weighted by molar-refractivity contribution is 0.145. The van der Waals surface area contributed by atoms with E-state index in [0.29, 0.717) is 29.5 Å². The second kappa shape index (κ2) is 9.78. The van der Waals surface area contributed by atoms with Crippen molar-refractivity contribution in [1.29, 1.82) is 0 Å². The normalized spacial score (nSPS) is 15.2. The van der Waals surface area contributed by atoms with Crippen LogP contribution in [-0.2, 0) is 4.74 Å². The highest BCUT2D eigenvalue weighted by Gasteiger charge is 2.25. The number of anilines is 1. The number of hydrogen-bond donors (Lipinski definition) is 1. The van der Waals surface area contributed by atoms with Gasteiger partial charge in [-0.25, -0.2) is 9.18 Å². The Morgan fingerprint density at radius 3 is 2.87 bits per heavy atom. The second-order valence-corrected chi connectivity index (χ2v) is 7.64. The van der Waals surface area contributed by atoms with E-state index in [1.807, 2.05) is 12.1 Å². The molecular formula is C23H26FN3O4. The van der Waals surface area contributed by atoms with Crippen LogP contribution in [0.4, 0.5) is 14.9 Å². The molecule has 1 amide bonds. The molecule has 3 aromatic rings. The maximum atomic E-state index is 13.3. The molecule has 7 nitrogen and oxygen atoms in total. The number of nitrogens with zero attached hydrogens (tertiary/aromatic N) is 2. The van der Waals surface area contributed by atoms with Gasteiger partial charge in [0.1, 0.15) is 11.6 Å². The molecule has 1 saturated heterocycles. The van der Waals surface area contributed by atoms with E-state index < -0.39 is 6.09 Å². The third-order valence-corrected chi connectivity index (χ3v) is 5.63. The maximum absolute atomic E-state index is 13.3. The van der Waals surface area contributed by atoms with Crippen molar-refractivity contribution in [2.45, 2.75) is 25.2 Å². The Kier molecular flexibility index (Phi) is 6.66. The lowest BCUT2D eigenvalue weighted by Gasteiger charge is -2.31. The molecule has 8 heteroatoms. The molecule has 1 N–H and O–H groups in total. The highest BCUT2D eigenvalue weighted by Crippen LogP contribution is 2.32. The van der Waals surface area contributed by atoms with Gasteiger partial charge in [-0.15, -0.1) is 0 Å². The van der Waals surface area contributed by atoms with Crippen LogP contribution in [0, 0.1) is 5.82 Å². The van der Waals surface area contributed by atoms with Crippen LogP contribution in [0.15, 0.2) is 47.0 Å². The number of rotatable bonds is 7. The Labute approximate surface area is 180 Å². The van der Waals surface area contributed by atoms with Crippen LogP contribution < -0.4 is 10.1 Å². The number of hydrogen-bond acceptors (Lipinski definition) is 6. The number of para-hydroxylation sites is 2. The summed E-state index contributed by atoms with van der Waals surface area (Å²) < 4.78 is 29.1. The van der Waals surface area contributed by atoms with Crippen molar-refractivity contribution in [2.75, 3.05) is 38.7 Å². The van der Waals surface area contributed by atoms with Gasteiger partial charge in [-0.2, -0.15) is 0 Å². The molecule has 0 saturated carbocycles. The lowest BCUT2D eigenvalue weighted by atomic mass is 9.91. The first kappa shape index (κ1) is 21.1. The zero-order valence-corrected chi connectivity index (χ0v) is 17.5. The van der Waals surface area contributed by atoms with Gasteiger partial charge in [0.2, 0.25) is 0 Å². The Hall–Kier alpha value is -3.13. The molecule has 0 bridgehead atoms. The van der Waals surface area contributed by atoms with Crippen molar-refractivity contribution >= 4 is 22.7 Å². The molecule has 0 aliphatic carbocycles. The fourth-order valence-electron chi connectivity index (χ4n) is 4.00. The van der Waals surface area contributed by atoms with E-state index in [9.17, 15) is 9.18 Å². The molecule has 1 aliphatic heterocycles. The van der Waals surface area contributed by atoms with E-state index in [-0.39, 0.29) is 5.82 Å². The van der Waals surface area contributed by atoms with Gasteiger partial charge in [0, 0.05) is 23.9 Å². The summed E-state index contributed by atoms with van der Waals surface area (Å²) in [5.41, 5.74) is 2.01. The highest BCUT2D eigenvalue weighted by molar-refractivity contribution is 5.86. The standard InChI is InChI=1S/C23H26FN3O4/c1-29-20-6-3-2-5-19(20)25-23(28)30-14-4-11-27-12-9-16(10-13-27)22-18-8-7-17(24)15-21(18)31-26-22/h2-3,5-8,15-16H,4,9-14H2,1H3,(H,25,28). The number of methoxy groups -OCH3 is 1. The van der Waals surface area contributed by atoms with Crippen LogP contribution >= 0.6 is 0 Å². The predicted octanol–water partition coefficient (Wildman–Crippen LogP) is 4.79. The Morgan fingerprint density at radius 2 is 2.06 bits per heavy atom. The largest absolute Gasteiger partial charge is 0.495 e. The molecule has 31 heavy (non-hydrogen) atoms. The van der Waals surface area contributed by atoms with Crippen LogP contribution in [0.2, 0.25) is 0 Å². The van der Waals surface area contributed by atoms with E-state index in [0.717, 1.165) is 50.0 Å². The van der Waals surface area contributed by atoms with Crippen LogP contribution in [0.3, 0.4) is 0 Å². The van der Waals surface area contributed by atoms with Crippen LogP contribution in [-0.4, -0.2) is 49.5 Å². The number of halogens is 1. The fraction of sp³-hybridized carbons (Fsp3) is 0.391. The lowest BCUT2D eigenvalue weighted by Crippen LogP contribution is -2.34. The molecular weight excluding hydrogens is 401 g/mol. The Bertz CT molecular complexity index is 1030. The molecule has 0 atom stereocenters. The van der Waals surface area contributed by atoms with Gasteiger partial charge in [0.15, 0.2) is 5.58 Å². The highest BCUT2D eigenvalue weighted by atomic mass is 19.1. The van der Waals surface area contributed by atoms with E-state index in [2.05, 4.69) is 15.4 Å². The fourth-order valence-corrected chi connectivity index (χ4v) is 4.00. The van der Waals surface area contributed by atoms with Crippen molar-refractivity contribution in [1.82, 2.24) is 10.1 Å². The molecule has 1 aliphatic rings. The van der Waals surface area contributed by atoms with Crippen LogP contribution in [0.1, 0.15) is 30.9 Å². The van der Waals surface area contributed by atoms with Gasteiger partial charge < -0.3 is 18.9 Å². The quantitative estimate of drug-likeness (QED) is 0.546. The number of carbonyl (C=O) groups is 1. The maximum Gasteiger partial charge on any atom is 0.411 e. The average molecular weight is 427 g/mol. The Morgan fingerprint density at radius 1 is 1.26 bits per heavy atom. The first-order valence-corrected chi connectivity index (χ1v) is 10.5. The first-order chi connectivity index (χ1) is 15.1. The monoisotopic (exact) mass is 427 g/mol. The van der Waals surface area contributed by atoms with E-state index in [1.165, 1.54) is 12.1 Å². The van der Waals surface area contributed by atoms with E-state index >= 15 is 0 Å². The summed E-state index contributed by atoms with van der Waals surface area (Å²) in [6, 6.07) is 11.8. The number of carbonyl (C=O) groups excluding carboxylic acids is 1. The van der Waals surface area contributed by atoms with Crippen molar-refractivity contribution in [3.63, 3.8) is 0 Å². The van der Waals surface area contributed by atoms with Gasteiger partial charge in [-0.1, -0.05) is 17.3 Å². The Balaban J connectivity index is 1.18. The minimum atomic E-state index is -0.488. The smallest absolute Gasteiger partial charge is 0.411 e. The van der Waals surface area contributed by atoms with Gasteiger partial charge >= 0.3 is 6.09 Å². The SMILES string of the molecule is COc1ccccc1NC(=O)OCCCN1CCC(c2noc3cc(F)ccc23)CC1. The number of likely N-dealkylation sites (tertiary alicyclic amines) is 1. The van der Waals surface area contributed by atoms with Crippen molar-refractivity contribution in [3.8, 4) is 5.75 Å². The molecule has 1 aromatic heterocycles. The zero-order valence-electron chi connectivity index (χ0n) is 17.5. The molecule has 164 valence electrons. The molecule has 0 radical (unpaired) electrons. The van der Waals surface area contributed by atoms with Crippen molar-refractivity contribution in [3.05, 3.63) is 54.0 Å².